The minimum absolute atomic E-state index is 0.149. The number of fused-ring (bicyclic) bond motifs is 1. The molecule has 0 aliphatic rings. The van der Waals surface area contributed by atoms with Gasteiger partial charge < -0.3 is 10.6 Å². The van der Waals surface area contributed by atoms with Crippen molar-refractivity contribution in [2.45, 2.75) is 6.92 Å². The van der Waals surface area contributed by atoms with Crippen molar-refractivity contribution in [1.82, 2.24) is 15.0 Å². The highest BCUT2D eigenvalue weighted by atomic mass is 79.9. The van der Waals surface area contributed by atoms with Crippen LogP contribution < -0.4 is 10.6 Å². The molecule has 1 amide bonds. The fourth-order valence-electron chi connectivity index (χ4n) is 2.06. The topological polar surface area (TPSA) is 79.8 Å². The fourth-order valence-corrected chi connectivity index (χ4v) is 2.52. The van der Waals surface area contributed by atoms with Gasteiger partial charge in [0, 0.05) is 23.8 Å². The summed E-state index contributed by atoms with van der Waals surface area (Å²) in [5, 5.41) is 6.83. The Bertz CT molecular complexity index is 847. The highest BCUT2D eigenvalue weighted by molar-refractivity contribution is 9.10. The first-order valence-corrected chi connectivity index (χ1v) is 7.32. The third kappa shape index (κ3) is 2.89. The first-order chi connectivity index (χ1) is 10.6. The lowest BCUT2D eigenvalue weighted by atomic mass is 10.2. The number of carbonyl (C=O) groups is 1. The van der Waals surface area contributed by atoms with E-state index in [1.165, 1.54) is 13.3 Å². The van der Waals surface area contributed by atoms with Crippen LogP contribution in [0, 0.1) is 0 Å². The third-order valence-corrected chi connectivity index (χ3v) is 3.67. The molecule has 110 valence electrons. The van der Waals surface area contributed by atoms with Crippen LogP contribution in [-0.2, 0) is 4.79 Å². The molecule has 0 unspecified atom stereocenters. The number of nitrogens with one attached hydrogen (secondary N) is 2. The van der Waals surface area contributed by atoms with Crippen molar-refractivity contribution in [3.8, 4) is 0 Å². The van der Waals surface area contributed by atoms with Crippen molar-refractivity contribution in [3.05, 3.63) is 47.5 Å². The van der Waals surface area contributed by atoms with Crippen LogP contribution in [0.25, 0.3) is 10.9 Å². The Labute approximate surface area is 135 Å². The Morgan fingerprint density at radius 3 is 2.91 bits per heavy atom. The normalized spacial score (nSPS) is 10.5. The summed E-state index contributed by atoms with van der Waals surface area (Å²) in [7, 11) is 0. The number of rotatable bonds is 3. The summed E-state index contributed by atoms with van der Waals surface area (Å²) < 4.78 is 0.782. The van der Waals surface area contributed by atoms with Gasteiger partial charge >= 0.3 is 0 Å². The average molecular weight is 358 g/mol. The predicted octanol–water partition coefficient (Wildman–Crippen LogP) is 3.49. The van der Waals surface area contributed by atoms with Crippen LogP contribution >= 0.6 is 15.9 Å². The van der Waals surface area contributed by atoms with E-state index in [-0.39, 0.29) is 5.91 Å². The number of anilines is 3. The largest absolute Gasteiger partial charge is 0.338 e. The van der Waals surface area contributed by atoms with E-state index in [2.05, 4.69) is 41.5 Å². The molecular formula is C15H12BrN5O. The Morgan fingerprint density at radius 2 is 2.09 bits per heavy atom. The van der Waals surface area contributed by atoms with E-state index in [1.807, 2.05) is 24.3 Å². The lowest BCUT2D eigenvalue weighted by Crippen LogP contribution is -2.09. The SMILES string of the molecule is CC(=O)Nc1c(Br)cccc1Nc1ncnc2ccncc12. The second-order valence-electron chi connectivity index (χ2n) is 4.58. The second kappa shape index (κ2) is 6.07. The Balaban J connectivity index is 2.06. The van der Waals surface area contributed by atoms with Crippen molar-refractivity contribution in [2.75, 3.05) is 10.6 Å². The number of halogens is 1. The number of hydrogen-bond acceptors (Lipinski definition) is 5. The first-order valence-electron chi connectivity index (χ1n) is 6.53. The van der Waals surface area contributed by atoms with Gasteiger partial charge in [-0.05, 0) is 34.1 Å². The predicted molar refractivity (Wildman–Crippen MR) is 89.1 cm³/mol. The van der Waals surface area contributed by atoms with Crippen LogP contribution in [0.3, 0.4) is 0 Å². The maximum atomic E-state index is 11.4. The molecule has 3 rings (SSSR count). The van der Waals surface area contributed by atoms with Gasteiger partial charge in [-0.25, -0.2) is 9.97 Å². The molecule has 0 aliphatic carbocycles. The molecule has 0 saturated carbocycles. The number of carbonyl (C=O) groups excluding carboxylic acids is 1. The quantitative estimate of drug-likeness (QED) is 0.749. The van der Waals surface area contributed by atoms with Crippen LogP contribution in [-0.4, -0.2) is 20.9 Å². The monoisotopic (exact) mass is 357 g/mol. The minimum atomic E-state index is -0.149. The van der Waals surface area contributed by atoms with E-state index in [9.17, 15) is 4.79 Å². The summed E-state index contributed by atoms with van der Waals surface area (Å²) >= 11 is 3.44. The molecule has 22 heavy (non-hydrogen) atoms. The first kappa shape index (κ1) is 14.4. The molecule has 1 aromatic carbocycles. The summed E-state index contributed by atoms with van der Waals surface area (Å²) in [5.41, 5.74) is 2.18. The summed E-state index contributed by atoms with van der Waals surface area (Å²) in [6.45, 7) is 1.47. The van der Waals surface area contributed by atoms with Crippen molar-refractivity contribution < 1.29 is 4.79 Å². The van der Waals surface area contributed by atoms with Gasteiger partial charge in [-0.15, -0.1) is 0 Å². The van der Waals surface area contributed by atoms with Gasteiger partial charge in [-0.2, -0.15) is 0 Å². The number of para-hydroxylation sites is 1. The van der Waals surface area contributed by atoms with Crippen molar-refractivity contribution >= 4 is 49.9 Å². The fraction of sp³-hybridized carbons (Fsp3) is 0.0667. The van der Waals surface area contributed by atoms with E-state index in [4.69, 9.17) is 0 Å². The molecule has 7 heteroatoms. The Kier molecular flexibility index (Phi) is 3.97. The van der Waals surface area contributed by atoms with Crippen LogP contribution in [0.2, 0.25) is 0 Å². The molecule has 6 nitrogen and oxygen atoms in total. The highest BCUT2D eigenvalue weighted by Crippen LogP contribution is 2.33. The average Bonchev–Trinajstić information content (AvgIpc) is 2.51. The maximum absolute atomic E-state index is 11.4. The van der Waals surface area contributed by atoms with Gasteiger partial charge in [0.2, 0.25) is 5.91 Å². The van der Waals surface area contributed by atoms with Crippen LogP contribution in [0.1, 0.15) is 6.92 Å². The van der Waals surface area contributed by atoms with Crippen molar-refractivity contribution in [1.29, 1.82) is 0 Å². The molecule has 0 bridgehead atoms. The maximum Gasteiger partial charge on any atom is 0.221 e. The van der Waals surface area contributed by atoms with Crippen LogP contribution in [0.5, 0.6) is 0 Å². The molecular weight excluding hydrogens is 346 g/mol. The van der Waals surface area contributed by atoms with E-state index in [1.54, 1.807) is 12.4 Å². The zero-order chi connectivity index (χ0) is 15.5. The molecule has 2 heterocycles. The van der Waals surface area contributed by atoms with E-state index < -0.39 is 0 Å². The number of benzene rings is 1. The second-order valence-corrected chi connectivity index (χ2v) is 5.44. The molecule has 2 N–H and O–H groups in total. The lowest BCUT2D eigenvalue weighted by molar-refractivity contribution is -0.114. The number of aromatic nitrogens is 3. The molecule has 0 radical (unpaired) electrons. The summed E-state index contributed by atoms with van der Waals surface area (Å²) in [6.07, 6.45) is 4.87. The molecule has 0 atom stereocenters. The number of amides is 1. The van der Waals surface area contributed by atoms with Gasteiger partial charge in [-0.1, -0.05) is 6.07 Å². The van der Waals surface area contributed by atoms with Gasteiger partial charge in [0.05, 0.1) is 22.3 Å². The molecule has 0 fully saturated rings. The molecule has 3 aromatic rings. The van der Waals surface area contributed by atoms with Gasteiger partial charge in [0.1, 0.15) is 12.1 Å². The van der Waals surface area contributed by atoms with Gasteiger partial charge in [-0.3, -0.25) is 9.78 Å². The van der Waals surface area contributed by atoms with Crippen LogP contribution in [0.15, 0.2) is 47.5 Å². The molecule has 0 saturated heterocycles. The summed E-state index contributed by atoms with van der Waals surface area (Å²) in [5.74, 6) is 0.479. The van der Waals surface area contributed by atoms with Crippen molar-refractivity contribution in [2.24, 2.45) is 0 Å². The zero-order valence-electron chi connectivity index (χ0n) is 11.7. The smallest absolute Gasteiger partial charge is 0.221 e. The minimum Gasteiger partial charge on any atom is -0.338 e. The van der Waals surface area contributed by atoms with Gasteiger partial charge in [0.15, 0.2) is 0 Å². The van der Waals surface area contributed by atoms with E-state index in [0.29, 0.717) is 11.5 Å². The number of hydrogen-bond donors (Lipinski definition) is 2. The van der Waals surface area contributed by atoms with Crippen LogP contribution in [0.4, 0.5) is 17.2 Å². The summed E-state index contributed by atoms with van der Waals surface area (Å²) in [4.78, 5) is 24.0. The van der Waals surface area contributed by atoms with Crippen molar-refractivity contribution in [3.63, 3.8) is 0 Å². The molecule has 0 spiro atoms. The number of pyridine rings is 1. The standard InChI is InChI=1S/C15H12BrN5O/c1-9(22)20-14-11(16)3-2-4-13(14)21-15-10-7-17-6-5-12(10)18-8-19-15/h2-8H,1H3,(H,20,22)(H,18,19,21). The molecule has 2 aromatic heterocycles. The number of nitrogens with zero attached hydrogens (tertiary/aromatic N) is 3. The lowest BCUT2D eigenvalue weighted by Gasteiger charge is -2.14. The Hall–Kier alpha value is -2.54. The summed E-state index contributed by atoms with van der Waals surface area (Å²) in [6, 6.07) is 7.41. The highest BCUT2D eigenvalue weighted by Gasteiger charge is 2.11. The zero-order valence-corrected chi connectivity index (χ0v) is 13.3. The third-order valence-electron chi connectivity index (χ3n) is 3.00. The Morgan fingerprint density at radius 1 is 1.23 bits per heavy atom. The van der Waals surface area contributed by atoms with E-state index in [0.717, 1.165) is 21.1 Å². The molecule has 0 aliphatic heterocycles. The van der Waals surface area contributed by atoms with E-state index >= 15 is 0 Å². The van der Waals surface area contributed by atoms with Gasteiger partial charge in [0.25, 0.3) is 0 Å².